The van der Waals surface area contributed by atoms with E-state index in [1.165, 1.54) is 25.3 Å². The first-order chi connectivity index (χ1) is 11.0. The second kappa shape index (κ2) is 7.94. The van der Waals surface area contributed by atoms with Crippen molar-refractivity contribution < 1.29 is 18.8 Å². The van der Waals surface area contributed by atoms with Gasteiger partial charge in [0.2, 0.25) is 0 Å². The van der Waals surface area contributed by atoms with Crippen LogP contribution in [0.25, 0.3) is 0 Å². The van der Waals surface area contributed by atoms with Crippen LogP contribution in [0.4, 0.5) is 4.39 Å². The van der Waals surface area contributed by atoms with E-state index in [-0.39, 0.29) is 17.3 Å². The summed E-state index contributed by atoms with van der Waals surface area (Å²) in [5, 5.41) is 2.86. The fourth-order valence-electron chi connectivity index (χ4n) is 1.89. The molecule has 0 radical (unpaired) electrons. The predicted molar refractivity (Wildman–Crippen MR) is 86.6 cm³/mol. The van der Waals surface area contributed by atoms with E-state index >= 15 is 0 Å². The quantitative estimate of drug-likeness (QED) is 0.443. The summed E-state index contributed by atoms with van der Waals surface area (Å²) in [5.41, 5.74) is 1.13. The average Bonchev–Trinajstić information content (AvgIpc) is 2.54. The smallest absolute Gasteiger partial charge is 0.274 e. The largest absolute Gasteiger partial charge is 0.489 e. The standard InChI is InChI=1S/C16H12Cl2FNO3/c1-22-20-15(16(18)21)12-5-3-2-4-10(12)9-23-11-6-7-14(19)13(17)8-11/h2-8H,9H2,1H3. The van der Waals surface area contributed by atoms with Crippen LogP contribution in [0.3, 0.4) is 0 Å². The van der Waals surface area contributed by atoms with Crippen LogP contribution in [0.15, 0.2) is 47.6 Å². The highest BCUT2D eigenvalue weighted by Crippen LogP contribution is 2.22. The molecular formula is C16H12Cl2FNO3. The molecule has 2 aromatic carbocycles. The van der Waals surface area contributed by atoms with Crippen molar-refractivity contribution in [3.63, 3.8) is 0 Å². The van der Waals surface area contributed by atoms with Crippen molar-refractivity contribution in [2.75, 3.05) is 7.11 Å². The van der Waals surface area contributed by atoms with Gasteiger partial charge in [0.15, 0.2) is 5.71 Å². The van der Waals surface area contributed by atoms with Crippen LogP contribution < -0.4 is 4.74 Å². The lowest BCUT2D eigenvalue weighted by atomic mass is 10.0. The number of hydrogen-bond acceptors (Lipinski definition) is 4. The zero-order chi connectivity index (χ0) is 16.8. The summed E-state index contributed by atoms with van der Waals surface area (Å²) in [6.07, 6.45) is 0. The normalized spacial score (nSPS) is 11.2. The van der Waals surface area contributed by atoms with Crippen LogP contribution in [0.1, 0.15) is 11.1 Å². The van der Waals surface area contributed by atoms with E-state index in [1.54, 1.807) is 24.3 Å². The molecule has 120 valence electrons. The van der Waals surface area contributed by atoms with E-state index in [4.69, 9.17) is 27.9 Å². The Morgan fingerprint density at radius 1 is 1.26 bits per heavy atom. The third-order valence-corrected chi connectivity index (χ3v) is 3.40. The molecule has 0 aliphatic carbocycles. The molecule has 0 bridgehead atoms. The number of halogens is 3. The Hall–Kier alpha value is -2.11. The molecular weight excluding hydrogens is 344 g/mol. The molecule has 7 heteroatoms. The van der Waals surface area contributed by atoms with E-state index in [2.05, 4.69) is 9.99 Å². The van der Waals surface area contributed by atoms with Crippen molar-refractivity contribution >= 4 is 34.2 Å². The molecule has 0 fully saturated rings. The lowest BCUT2D eigenvalue weighted by molar-refractivity contribution is -0.106. The van der Waals surface area contributed by atoms with Crippen LogP contribution in [-0.2, 0) is 16.2 Å². The SMILES string of the molecule is CON=C(C(=O)Cl)c1ccccc1COc1ccc(F)c(Cl)c1. The molecule has 0 unspecified atom stereocenters. The Bertz CT molecular complexity index is 750. The van der Waals surface area contributed by atoms with E-state index < -0.39 is 11.1 Å². The highest BCUT2D eigenvalue weighted by molar-refractivity contribution is 6.84. The third kappa shape index (κ3) is 4.43. The van der Waals surface area contributed by atoms with Crippen LogP contribution in [-0.4, -0.2) is 18.1 Å². The van der Waals surface area contributed by atoms with Crippen molar-refractivity contribution in [1.82, 2.24) is 0 Å². The molecule has 0 amide bonds. The van der Waals surface area contributed by atoms with E-state index in [0.29, 0.717) is 16.9 Å². The van der Waals surface area contributed by atoms with E-state index in [0.717, 1.165) is 0 Å². The highest BCUT2D eigenvalue weighted by atomic mass is 35.5. The van der Waals surface area contributed by atoms with Crippen molar-refractivity contribution in [1.29, 1.82) is 0 Å². The number of hydrogen-bond donors (Lipinski definition) is 0. The monoisotopic (exact) mass is 355 g/mol. The Kier molecular flexibility index (Phi) is 5.96. The number of carbonyl (C=O) groups is 1. The van der Waals surface area contributed by atoms with Crippen LogP contribution in [0.5, 0.6) is 5.75 Å². The minimum atomic E-state index is -0.746. The van der Waals surface area contributed by atoms with Gasteiger partial charge in [-0.15, -0.1) is 0 Å². The maximum atomic E-state index is 13.1. The number of benzene rings is 2. The van der Waals surface area contributed by atoms with E-state index in [1.807, 2.05) is 0 Å². The minimum Gasteiger partial charge on any atom is -0.489 e. The van der Waals surface area contributed by atoms with Gasteiger partial charge >= 0.3 is 0 Å². The lowest BCUT2D eigenvalue weighted by Gasteiger charge is -2.11. The molecule has 0 aliphatic heterocycles. The van der Waals surface area contributed by atoms with E-state index in [9.17, 15) is 9.18 Å². The molecule has 23 heavy (non-hydrogen) atoms. The molecule has 0 heterocycles. The lowest BCUT2D eigenvalue weighted by Crippen LogP contribution is -2.14. The number of oxime groups is 1. The zero-order valence-corrected chi connectivity index (χ0v) is 13.6. The average molecular weight is 356 g/mol. The van der Waals surface area contributed by atoms with Crippen LogP contribution in [0.2, 0.25) is 5.02 Å². The topological polar surface area (TPSA) is 47.9 Å². The van der Waals surface area contributed by atoms with Gasteiger partial charge in [0, 0.05) is 11.6 Å². The van der Waals surface area contributed by atoms with Crippen LogP contribution >= 0.6 is 23.2 Å². The Morgan fingerprint density at radius 2 is 2.00 bits per heavy atom. The second-order valence-corrected chi connectivity index (χ2v) is 5.17. The Morgan fingerprint density at radius 3 is 2.65 bits per heavy atom. The first-order valence-corrected chi connectivity index (χ1v) is 7.25. The summed E-state index contributed by atoms with van der Waals surface area (Å²) in [7, 11) is 1.32. The minimum absolute atomic E-state index is 0.0227. The highest BCUT2D eigenvalue weighted by Gasteiger charge is 2.16. The van der Waals surface area contributed by atoms with Crippen molar-refractivity contribution in [2.45, 2.75) is 6.61 Å². The van der Waals surface area contributed by atoms with Gasteiger partial charge in [-0.3, -0.25) is 4.79 Å². The predicted octanol–water partition coefficient (Wildman–Crippen LogP) is 4.17. The maximum Gasteiger partial charge on any atom is 0.274 e. The van der Waals surface area contributed by atoms with Gasteiger partial charge < -0.3 is 9.57 Å². The molecule has 0 saturated heterocycles. The summed E-state index contributed by atoms with van der Waals surface area (Å²) < 4.78 is 18.7. The fraction of sp³-hybridized carbons (Fsp3) is 0.125. The van der Waals surface area contributed by atoms with Gasteiger partial charge in [-0.25, -0.2) is 4.39 Å². The summed E-state index contributed by atoms with van der Waals surface area (Å²) in [5.74, 6) is -0.129. The van der Waals surface area contributed by atoms with Crippen molar-refractivity contribution in [3.05, 3.63) is 64.4 Å². The molecule has 0 aliphatic rings. The zero-order valence-electron chi connectivity index (χ0n) is 12.1. The van der Waals surface area contributed by atoms with Gasteiger partial charge in [-0.1, -0.05) is 41.0 Å². The van der Waals surface area contributed by atoms with Gasteiger partial charge in [-0.2, -0.15) is 0 Å². The summed E-state index contributed by atoms with van der Waals surface area (Å²) in [6.45, 7) is 0.116. The molecule has 0 saturated carbocycles. The molecule has 0 atom stereocenters. The van der Waals surface area contributed by atoms with Crippen molar-refractivity contribution in [3.8, 4) is 5.75 Å². The summed E-state index contributed by atoms with van der Waals surface area (Å²) in [6, 6.07) is 11.0. The number of carbonyl (C=O) groups excluding carboxylic acids is 1. The molecule has 4 nitrogen and oxygen atoms in total. The molecule has 0 spiro atoms. The van der Waals surface area contributed by atoms with Gasteiger partial charge in [0.05, 0.1) is 5.02 Å². The molecule has 2 rings (SSSR count). The van der Waals surface area contributed by atoms with Crippen LogP contribution in [0, 0.1) is 5.82 Å². The Labute approximate surface area is 142 Å². The van der Waals surface area contributed by atoms with Gasteiger partial charge in [-0.05, 0) is 29.3 Å². The Balaban J connectivity index is 2.25. The summed E-state index contributed by atoms with van der Waals surface area (Å²) in [4.78, 5) is 16.1. The number of nitrogens with zero attached hydrogens (tertiary/aromatic N) is 1. The number of ether oxygens (including phenoxy) is 1. The van der Waals surface area contributed by atoms with Crippen molar-refractivity contribution in [2.24, 2.45) is 5.16 Å². The first kappa shape index (κ1) is 17.2. The molecule has 2 aromatic rings. The molecule has 0 N–H and O–H groups in total. The number of rotatable bonds is 6. The maximum absolute atomic E-state index is 13.1. The summed E-state index contributed by atoms with van der Waals surface area (Å²) >= 11 is 11.2. The van der Waals surface area contributed by atoms with Gasteiger partial charge in [0.25, 0.3) is 5.24 Å². The first-order valence-electron chi connectivity index (χ1n) is 6.50. The second-order valence-electron chi connectivity index (χ2n) is 4.42. The third-order valence-electron chi connectivity index (χ3n) is 2.93. The molecule has 0 aromatic heterocycles. The fourth-order valence-corrected chi connectivity index (χ4v) is 2.19. The van der Waals surface area contributed by atoms with Gasteiger partial charge in [0.1, 0.15) is 25.3 Å².